The number of nitrogen functional groups attached to an aromatic ring is 1. The van der Waals surface area contributed by atoms with Crippen LogP contribution in [-0.4, -0.2) is 39.1 Å². The molecular weight excluding hydrogens is 280 g/mol. The van der Waals surface area contributed by atoms with E-state index in [1.54, 1.807) is 5.01 Å². The van der Waals surface area contributed by atoms with Crippen LogP contribution in [0.2, 0.25) is 0 Å². The van der Waals surface area contributed by atoms with Crippen LogP contribution in [0.15, 0.2) is 36.7 Å². The Morgan fingerprint density at radius 2 is 1.68 bits per heavy atom. The summed E-state index contributed by atoms with van der Waals surface area (Å²) in [7, 11) is 0. The molecule has 0 aromatic carbocycles. The quantitative estimate of drug-likeness (QED) is 0.648. The Morgan fingerprint density at radius 1 is 1.00 bits per heavy atom. The van der Waals surface area contributed by atoms with E-state index in [9.17, 15) is 0 Å². The van der Waals surface area contributed by atoms with Crippen molar-refractivity contribution >= 4 is 17.8 Å². The highest BCUT2D eigenvalue weighted by atomic mass is 15.5. The third-order valence-corrected chi connectivity index (χ3v) is 3.38. The van der Waals surface area contributed by atoms with Gasteiger partial charge in [0.1, 0.15) is 0 Å². The van der Waals surface area contributed by atoms with Crippen LogP contribution in [0.5, 0.6) is 0 Å². The summed E-state index contributed by atoms with van der Waals surface area (Å²) in [6.45, 7) is 2.00. The molecule has 0 saturated carbocycles. The molecule has 2 aliphatic heterocycles. The van der Waals surface area contributed by atoms with Crippen LogP contribution in [0, 0.1) is 0 Å². The van der Waals surface area contributed by atoms with Gasteiger partial charge in [0.2, 0.25) is 17.8 Å². The Labute approximate surface area is 129 Å². The number of nitrogens with zero attached hydrogens (tertiary/aromatic N) is 4. The van der Waals surface area contributed by atoms with Crippen LogP contribution in [0.25, 0.3) is 0 Å². The Bertz CT molecular complexity index is 573. The average Bonchev–Trinajstić information content (AvgIpc) is 2.76. The highest BCUT2D eigenvalue weighted by Crippen LogP contribution is 2.13. The van der Waals surface area contributed by atoms with Gasteiger partial charge in [-0.3, -0.25) is 10.4 Å². The van der Waals surface area contributed by atoms with Crippen molar-refractivity contribution in [2.24, 2.45) is 0 Å². The maximum atomic E-state index is 5.78. The predicted molar refractivity (Wildman–Crippen MR) is 86.6 cm³/mol. The second-order valence-corrected chi connectivity index (χ2v) is 5.10. The number of hydrogen-bond donors (Lipinski definition) is 4. The van der Waals surface area contributed by atoms with Crippen LogP contribution in [-0.2, 0) is 0 Å². The summed E-state index contributed by atoms with van der Waals surface area (Å²) >= 11 is 0. The molecule has 5 N–H and O–H groups in total. The highest BCUT2D eigenvalue weighted by Gasteiger charge is 2.15. The Hall–Kier alpha value is -2.61. The van der Waals surface area contributed by atoms with Crippen LogP contribution < -0.4 is 21.8 Å². The van der Waals surface area contributed by atoms with Crippen molar-refractivity contribution in [3.63, 3.8) is 0 Å². The van der Waals surface area contributed by atoms with Crippen LogP contribution in [0.3, 0.4) is 0 Å². The van der Waals surface area contributed by atoms with E-state index in [4.69, 9.17) is 5.73 Å². The van der Waals surface area contributed by atoms with Crippen LogP contribution in [0.1, 0.15) is 12.8 Å². The van der Waals surface area contributed by atoms with E-state index in [1.165, 1.54) is 0 Å². The number of piperidine rings is 1. The fraction of sp³-hybridized carbons (Fsp3) is 0.357. The molecule has 1 fully saturated rings. The third-order valence-electron chi connectivity index (χ3n) is 3.38. The minimum Gasteiger partial charge on any atom is -0.368 e. The van der Waals surface area contributed by atoms with Crippen molar-refractivity contribution in [1.29, 1.82) is 0 Å². The number of hydrogen-bond acceptors (Lipinski definition) is 8. The molecule has 8 heteroatoms. The zero-order chi connectivity index (χ0) is 15.2. The van der Waals surface area contributed by atoms with E-state index in [0.717, 1.165) is 25.9 Å². The van der Waals surface area contributed by atoms with Crippen LogP contribution in [0.4, 0.5) is 17.8 Å². The van der Waals surface area contributed by atoms with Crippen molar-refractivity contribution in [1.82, 2.24) is 25.3 Å². The maximum Gasteiger partial charge on any atom is 0.248 e. The molecule has 0 spiro atoms. The van der Waals surface area contributed by atoms with Gasteiger partial charge in [0.15, 0.2) is 0 Å². The predicted octanol–water partition coefficient (Wildman–Crippen LogP) is 0.844. The molecule has 0 radical (unpaired) electrons. The van der Waals surface area contributed by atoms with Gasteiger partial charge in [0.05, 0.1) is 0 Å². The van der Waals surface area contributed by atoms with Crippen molar-refractivity contribution in [3.8, 4) is 0 Å². The molecule has 3 rings (SSSR count). The van der Waals surface area contributed by atoms with Gasteiger partial charge in [0.25, 0.3) is 0 Å². The van der Waals surface area contributed by atoms with Gasteiger partial charge in [0, 0.05) is 18.4 Å². The summed E-state index contributed by atoms with van der Waals surface area (Å²) in [6, 6.07) is 0.359. The highest BCUT2D eigenvalue weighted by molar-refractivity contribution is 5.40. The molecule has 2 aliphatic rings. The zero-order valence-electron chi connectivity index (χ0n) is 12.2. The fourth-order valence-corrected chi connectivity index (χ4v) is 2.31. The lowest BCUT2D eigenvalue weighted by Gasteiger charge is -2.24. The Kier molecular flexibility index (Phi) is 4.50. The lowest BCUT2D eigenvalue weighted by atomic mass is 10.1. The van der Waals surface area contributed by atoms with Crippen molar-refractivity contribution < 1.29 is 0 Å². The zero-order valence-corrected chi connectivity index (χ0v) is 12.2. The normalized spacial score (nSPS) is 18.3. The van der Waals surface area contributed by atoms with E-state index in [-0.39, 0.29) is 5.95 Å². The molecule has 1 aromatic rings. The standard InChI is InChI=1S/C14H20N8/c15-12-18-13(17-11-5-7-16-8-6-11)20-14(19-12)21-22-9-3-1-2-4-10-22/h1-4,9-11,16H,5-8H2,(H4,15,17,18,19,20,21). The van der Waals surface area contributed by atoms with E-state index in [2.05, 4.69) is 31.0 Å². The van der Waals surface area contributed by atoms with Gasteiger partial charge in [-0.15, -0.1) is 0 Å². The number of aromatic nitrogens is 3. The van der Waals surface area contributed by atoms with Gasteiger partial charge < -0.3 is 16.4 Å². The fourth-order valence-electron chi connectivity index (χ4n) is 2.31. The molecule has 0 aliphatic carbocycles. The molecule has 0 unspecified atom stereocenters. The molecule has 1 saturated heterocycles. The number of nitrogens with two attached hydrogens (primary N) is 1. The van der Waals surface area contributed by atoms with E-state index >= 15 is 0 Å². The Balaban J connectivity index is 1.69. The molecule has 0 bridgehead atoms. The first kappa shape index (κ1) is 14.3. The summed E-state index contributed by atoms with van der Waals surface area (Å²) < 4.78 is 0. The minimum atomic E-state index is 0.190. The molecule has 22 heavy (non-hydrogen) atoms. The van der Waals surface area contributed by atoms with Crippen molar-refractivity contribution in [3.05, 3.63) is 36.7 Å². The lowest BCUT2D eigenvalue weighted by molar-refractivity contribution is 0.477. The van der Waals surface area contributed by atoms with Gasteiger partial charge >= 0.3 is 0 Å². The second kappa shape index (κ2) is 6.90. The van der Waals surface area contributed by atoms with E-state index < -0.39 is 0 Å². The second-order valence-electron chi connectivity index (χ2n) is 5.10. The average molecular weight is 300 g/mol. The molecule has 8 nitrogen and oxygen atoms in total. The number of hydrazine groups is 1. The molecule has 0 amide bonds. The van der Waals surface area contributed by atoms with Gasteiger partial charge in [-0.2, -0.15) is 15.0 Å². The molecule has 0 atom stereocenters. The molecule has 1 aromatic heterocycles. The lowest BCUT2D eigenvalue weighted by Crippen LogP contribution is -2.36. The smallest absolute Gasteiger partial charge is 0.248 e. The maximum absolute atomic E-state index is 5.78. The SMILES string of the molecule is Nc1nc(NC2CCNCC2)nc(NN2C=CC=CC=C2)n1. The molecular formula is C14H20N8. The largest absolute Gasteiger partial charge is 0.368 e. The summed E-state index contributed by atoms with van der Waals surface area (Å²) in [4.78, 5) is 12.6. The summed E-state index contributed by atoms with van der Waals surface area (Å²) in [5.41, 5.74) is 8.84. The Morgan fingerprint density at radius 3 is 2.41 bits per heavy atom. The first-order valence-electron chi connectivity index (χ1n) is 7.35. The number of nitrogens with one attached hydrogen (secondary N) is 3. The molecule has 116 valence electrons. The summed E-state index contributed by atoms with van der Waals surface area (Å²) in [5, 5.41) is 8.40. The van der Waals surface area contributed by atoms with Gasteiger partial charge in [-0.1, -0.05) is 12.2 Å². The minimum absolute atomic E-state index is 0.190. The van der Waals surface area contributed by atoms with Gasteiger partial charge in [-0.05, 0) is 38.1 Å². The summed E-state index contributed by atoms with van der Waals surface area (Å²) in [6.07, 6.45) is 13.5. The monoisotopic (exact) mass is 300 g/mol. The third kappa shape index (κ3) is 3.95. The van der Waals surface area contributed by atoms with Crippen molar-refractivity contribution in [2.45, 2.75) is 18.9 Å². The topological polar surface area (TPSA) is 104 Å². The van der Waals surface area contributed by atoms with E-state index in [1.807, 2.05) is 36.7 Å². The number of allylic oxidation sites excluding steroid dienone is 4. The first-order valence-corrected chi connectivity index (χ1v) is 7.35. The van der Waals surface area contributed by atoms with Gasteiger partial charge in [-0.25, -0.2) is 0 Å². The number of rotatable bonds is 4. The molecule has 3 heterocycles. The van der Waals surface area contributed by atoms with Crippen molar-refractivity contribution in [2.75, 3.05) is 29.6 Å². The van der Waals surface area contributed by atoms with E-state index in [0.29, 0.717) is 17.9 Å². The van der Waals surface area contributed by atoms with Crippen LogP contribution >= 0.6 is 0 Å². The number of anilines is 3. The first-order chi connectivity index (χ1) is 10.8. The summed E-state index contributed by atoms with van der Waals surface area (Å²) in [5.74, 6) is 1.10.